The van der Waals surface area contributed by atoms with E-state index in [0.29, 0.717) is 6.04 Å². The van der Waals surface area contributed by atoms with Gasteiger partial charge >= 0.3 is 0 Å². The average molecular weight is 274 g/mol. The van der Waals surface area contributed by atoms with Gasteiger partial charge in [0.25, 0.3) is 0 Å². The molecule has 1 N–H and O–H groups in total. The lowest BCUT2D eigenvalue weighted by Gasteiger charge is -2.18. The maximum atomic E-state index is 4.36. The van der Waals surface area contributed by atoms with E-state index in [1.165, 1.54) is 27.1 Å². The van der Waals surface area contributed by atoms with Crippen LogP contribution in [0.15, 0.2) is 18.3 Å². The third-order valence-electron chi connectivity index (χ3n) is 3.58. The minimum atomic E-state index is 0.353. The van der Waals surface area contributed by atoms with Gasteiger partial charge in [-0.05, 0) is 57.9 Å². The molecule has 2 nitrogen and oxygen atoms in total. The van der Waals surface area contributed by atoms with Gasteiger partial charge < -0.3 is 5.32 Å². The first-order valence-corrected chi connectivity index (χ1v) is 7.49. The Labute approximate surface area is 119 Å². The molecule has 1 atom stereocenters. The molecular formula is C16H22N2S. The van der Waals surface area contributed by atoms with E-state index < -0.39 is 0 Å². The zero-order valence-corrected chi connectivity index (χ0v) is 13.2. The van der Waals surface area contributed by atoms with Crippen molar-refractivity contribution in [3.8, 4) is 0 Å². The molecule has 3 heteroatoms. The molecule has 1 aromatic carbocycles. The summed E-state index contributed by atoms with van der Waals surface area (Å²) >= 11 is 1.78. The van der Waals surface area contributed by atoms with Crippen LogP contribution in [0.25, 0.3) is 0 Å². The van der Waals surface area contributed by atoms with E-state index in [9.17, 15) is 0 Å². The maximum absolute atomic E-state index is 4.36. The van der Waals surface area contributed by atoms with Crippen LogP contribution in [0.4, 0.5) is 0 Å². The fourth-order valence-corrected chi connectivity index (χ4v) is 3.52. The Morgan fingerprint density at radius 3 is 2.26 bits per heavy atom. The number of rotatable bonds is 4. The molecule has 0 fully saturated rings. The van der Waals surface area contributed by atoms with E-state index in [4.69, 9.17) is 0 Å². The van der Waals surface area contributed by atoms with Crippen molar-refractivity contribution in [3.05, 3.63) is 50.5 Å². The van der Waals surface area contributed by atoms with E-state index in [-0.39, 0.29) is 0 Å². The molecule has 2 rings (SSSR count). The van der Waals surface area contributed by atoms with Crippen LogP contribution >= 0.6 is 11.3 Å². The Hall–Kier alpha value is -1.19. The molecule has 0 amide bonds. The molecule has 1 heterocycles. The molecule has 1 unspecified atom stereocenters. The summed E-state index contributed by atoms with van der Waals surface area (Å²) in [7, 11) is 2.03. The van der Waals surface area contributed by atoms with E-state index in [1.54, 1.807) is 11.3 Å². The van der Waals surface area contributed by atoms with Gasteiger partial charge in [0.2, 0.25) is 0 Å². The number of benzene rings is 1. The van der Waals surface area contributed by atoms with E-state index in [2.05, 4.69) is 50.1 Å². The Balaban J connectivity index is 2.28. The molecule has 102 valence electrons. The van der Waals surface area contributed by atoms with Gasteiger partial charge in [0.1, 0.15) is 0 Å². The first-order chi connectivity index (χ1) is 9.01. The van der Waals surface area contributed by atoms with Crippen molar-refractivity contribution in [1.29, 1.82) is 0 Å². The second-order valence-corrected chi connectivity index (χ2v) is 6.47. The van der Waals surface area contributed by atoms with Crippen molar-refractivity contribution < 1.29 is 0 Å². The summed E-state index contributed by atoms with van der Waals surface area (Å²) in [6.45, 7) is 8.63. The number of likely N-dealkylation sites (N-methyl/N-ethyl adjacent to an activating group) is 1. The van der Waals surface area contributed by atoms with Crippen molar-refractivity contribution in [3.63, 3.8) is 0 Å². The highest BCUT2D eigenvalue weighted by atomic mass is 32.1. The summed E-state index contributed by atoms with van der Waals surface area (Å²) in [6, 6.07) is 4.89. The highest BCUT2D eigenvalue weighted by Gasteiger charge is 2.15. The number of aryl methyl sites for hydroxylation is 4. The monoisotopic (exact) mass is 274 g/mol. The van der Waals surface area contributed by atoms with E-state index >= 15 is 0 Å². The number of nitrogens with zero attached hydrogens (tertiary/aromatic N) is 1. The molecule has 2 aromatic rings. The predicted molar refractivity (Wildman–Crippen MR) is 83.0 cm³/mol. The van der Waals surface area contributed by atoms with E-state index in [1.807, 2.05) is 13.2 Å². The highest BCUT2D eigenvalue weighted by molar-refractivity contribution is 7.11. The Morgan fingerprint density at radius 2 is 1.79 bits per heavy atom. The van der Waals surface area contributed by atoms with Gasteiger partial charge in [-0.1, -0.05) is 17.7 Å². The summed E-state index contributed by atoms with van der Waals surface area (Å²) in [5, 5.41) is 4.55. The van der Waals surface area contributed by atoms with Gasteiger partial charge in [-0.25, -0.2) is 4.98 Å². The van der Waals surface area contributed by atoms with Gasteiger partial charge in [-0.2, -0.15) is 0 Å². The van der Waals surface area contributed by atoms with Crippen LogP contribution in [-0.2, 0) is 6.42 Å². The predicted octanol–water partition coefficient (Wildman–Crippen LogP) is 3.88. The standard InChI is InChI=1S/C16H22N2S/c1-10-6-11(2)14(12(3)7-10)8-15(17-5)16-9-18-13(4)19-16/h6-7,9,15,17H,8H2,1-5H3. The molecule has 0 saturated heterocycles. The minimum Gasteiger partial charge on any atom is -0.312 e. The molecule has 0 bridgehead atoms. The van der Waals surface area contributed by atoms with Crippen molar-refractivity contribution in [2.45, 2.75) is 40.2 Å². The molecule has 1 aromatic heterocycles. The molecule has 0 spiro atoms. The molecule has 0 aliphatic heterocycles. The summed E-state index contributed by atoms with van der Waals surface area (Å²) in [5.41, 5.74) is 5.57. The van der Waals surface area contributed by atoms with Crippen LogP contribution in [0.3, 0.4) is 0 Å². The molecular weight excluding hydrogens is 252 g/mol. The van der Waals surface area contributed by atoms with Crippen LogP contribution in [0.1, 0.15) is 38.2 Å². The van der Waals surface area contributed by atoms with Gasteiger partial charge in [0, 0.05) is 17.1 Å². The lowest BCUT2D eigenvalue weighted by atomic mass is 9.94. The van der Waals surface area contributed by atoms with Crippen LogP contribution in [0.5, 0.6) is 0 Å². The fourth-order valence-electron chi connectivity index (χ4n) is 2.62. The minimum absolute atomic E-state index is 0.353. The van der Waals surface area contributed by atoms with Gasteiger partial charge in [-0.3, -0.25) is 0 Å². The number of thiazole rings is 1. The number of aromatic nitrogens is 1. The molecule has 0 aliphatic carbocycles. The Kier molecular flexibility index (Phi) is 4.38. The van der Waals surface area contributed by atoms with Crippen molar-refractivity contribution in [2.75, 3.05) is 7.05 Å². The zero-order chi connectivity index (χ0) is 14.0. The van der Waals surface area contributed by atoms with Crippen LogP contribution in [-0.4, -0.2) is 12.0 Å². The first kappa shape index (κ1) is 14.2. The fraction of sp³-hybridized carbons (Fsp3) is 0.438. The second-order valence-electron chi connectivity index (χ2n) is 5.20. The second kappa shape index (κ2) is 5.85. The van der Waals surface area contributed by atoms with Crippen LogP contribution < -0.4 is 5.32 Å². The lowest BCUT2D eigenvalue weighted by molar-refractivity contribution is 0.598. The highest BCUT2D eigenvalue weighted by Crippen LogP contribution is 2.27. The smallest absolute Gasteiger partial charge is 0.0897 e. The molecule has 0 aliphatic rings. The molecule has 0 radical (unpaired) electrons. The molecule has 0 saturated carbocycles. The Bertz CT molecular complexity index is 549. The van der Waals surface area contributed by atoms with Crippen LogP contribution in [0, 0.1) is 27.7 Å². The molecule has 19 heavy (non-hydrogen) atoms. The van der Waals surface area contributed by atoms with Gasteiger partial charge in [-0.15, -0.1) is 11.3 Å². The SMILES string of the molecule is CNC(Cc1c(C)cc(C)cc1C)c1cnc(C)s1. The van der Waals surface area contributed by atoms with Gasteiger partial charge in [0.05, 0.1) is 5.01 Å². The average Bonchev–Trinajstić information content (AvgIpc) is 2.75. The van der Waals surface area contributed by atoms with Crippen molar-refractivity contribution in [1.82, 2.24) is 10.3 Å². The van der Waals surface area contributed by atoms with Gasteiger partial charge in [0.15, 0.2) is 0 Å². The van der Waals surface area contributed by atoms with Crippen LogP contribution in [0.2, 0.25) is 0 Å². The third kappa shape index (κ3) is 3.23. The topological polar surface area (TPSA) is 24.9 Å². The van der Waals surface area contributed by atoms with E-state index in [0.717, 1.165) is 11.4 Å². The number of hydrogen-bond acceptors (Lipinski definition) is 3. The first-order valence-electron chi connectivity index (χ1n) is 6.67. The zero-order valence-electron chi connectivity index (χ0n) is 12.4. The Morgan fingerprint density at radius 1 is 1.16 bits per heavy atom. The quantitative estimate of drug-likeness (QED) is 0.915. The summed E-state index contributed by atoms with van der Waals surface area (Å²) in [5.74, 6) is 0. The summed E-state index contributed by atoms with van der Waals surface area (Å²) in [6.07, 6.45) is 3.02. The summed E-state index contributed by atoms with van der Waals surface area (Å²) in [4.78, 5) is 5.68. The maximum Gasteiger partial charge on any atom is 0.0897 e. The number of nitrogens with one attached hydrogen (secondary N) is 1. The summed E-state index contributed by atoms with van der Waals surface area (Å²) < 4.78 is 0. The normalized spacial score (nSPS) is 12.7. The lowest BCUT2D eigenvalue weighted by Crippen LogP contribution is -2.18. The third-order valence-corrected chi connectivity index (χ3v) is 4.61. The van der Waals surface area contributed by atoms with Crippen molar-refractivity contribution >= 4 is 11.3 Å². The largest absolute Gasteiger partial charge is 0.312 e. The number of hydrogen-bond donors (Lipinski definition) is 1. The van der Waals surface area contributed by atoms with Crippen molar-refractivity contribution in [2.24, 2.45) is 0 Å².